The third-order valence-electron chi connectivity index (χ3n) is 1.40. The molecule has 0 unspecified atom stereocenters. The fraction of sp³-hybridized carbons (Fsp3) is 0.375. The zero-order chi connectivity index (χ0) is 8.10. The largest absolute Gasteiger partial charge is 0.495 e. The molecule has 1 aromatic rings. The molecule has 0 fully saturated rings. The predicted octanol–water partition coefficient (Wildman–Crippen LogP) is 2.03. The van der Waals surface area contributed by atoms with Crippen molar-refractivity contribution in [1.82, 2.24) is 4.98 Å². The number of pyridine rings is 1. The average molecular weight is 216 g/mol. The number of aryl methyl sites for hydroxylation is 1. The van der Waals surface area contributed by atoms with Gasteiger partial charge in [0.05, 0.1) is 12.8 Å². The highest BCUT2D eigenvalue weighted by Crippen LogP contribution is 2.15. The molecule has 0 aliphatic rings. The van der Waals surface area contributed by atoms with Crippen LogP contribution in [0.2, 0.25) is 0 Å². The molecule has 0 aliphatic carbocycles. The molecule has 0 saturated heterocycles. The van der Waals surface area contributed by atoms with Crippen molar-refractivity contribution in [2.45, 2.75) is 6.42 Å². The van der Waals surface area contributed by atoms with Gasteiger partial charge in [0, 0.05) is 17.9 Å². The van der Waals surface area contributed by atoms with E-state index in [4.69, 9.17) is 4.74 Å². The minimum absolute atomic E-state index is 0.868. The summed E-state index contributed by atoms with van der Waals surface area (Å²) in [6.45, 7) is 0. The molecule has 0 amide bonds. The van der Waals surface area contributed by atoms with E-state index in [1.807, 2.05) is 12.1 Å². The van der Waals surface area contributed by atoms with Gasteiger partial charge in [-0.05, 0) is 12.1 Å². The van der Waals surface area contributed by atoms with Crippen molar-refractivity contribution < 1.29 is 4.74 Å². The highest BCUT2D eigenvalue weighted by Gasteiger charge is 2.00. The van der Waals surface area contributed by atoms with Gasteiger partial charge in [0.2, 0.25) is 0 Å². The van der Waals surface area contributed by atoms with E-state index in [1.165, 1.54) is 0 Å². The van der Waals surface area contributed by atoms with Gasteiger partial charge in [-0.1, -0.05) is 15.9 Å². The monoisotopic (exact) mass is 215 g/mol. The molecular formula is C8H10BrNO. The quantitative estimate of drug-likeness (QED) is 0.721. The number of hydrogen-bond acceptors (Lipinski definition) is 2. The van der Waals surface area contributed by atoms with Crippen molar-refractivity contribution in [3.63, 3.8) is 0 Å². The van der Waals surface area contributed by atoms with Gasteiger partial charge in [-0.15, -0.1) is 0 Å². The van der Waals surface area contributed by atoms with Crippen LogP contribution in [0.5, 0.6) is 5.75 Å². The van der Waals surface area contributed by atoms with Gasteiger partial charge in [0.25, 0.3) is 0 Å². The highest BCUT2D eigenvalue weighted by molar-refractivity contribution is 9.09. The summed E-state index contributed by atoms with van der Waals surface area (Å²) in [4.78, 5) is 4.18. The summed E-state index contributed by atoms with van der Waals surface area (Å²) in [5.41, 5.74) is 1.01. The van der Waals surface area contributed by atoms with Crippen LogP contribution < -0.4 is 4.74 Å². The average Bonchev–Trinajstić information content (AvgIpc) is 2.06. The molecule has 1 heterocycles. The van der Waals surface area contributed by atoms with E-state index in [1.54, 1.807) is 13.3 Å². The second-order valence-corrected chi connectivity index (χ2v) is 2.88. The van der Waals surface area contributed by atoms with Crippen molar-refractivity contribution in [2.24, 2.45) is 0 Å². The standard InChI is InChI=1S/C8H10BrNO/c1-11-8-3-2-6-10-7(8)4-5-9/h2-3,6H,4-5H2,1H3. The second-order valence-electron chi connectivity index (χ2n) is 2.09. The molecule has 0 aromatic carbocycles. The van der Waals surface area contributed by atoms with Crippen LogP contribution in [0.4, 0.5) is 0 Å². The molecule has 2 nitrogen and oxygen atoms in total. The Morgan fingerprint density at radius 2 is 2.45 bits per heavy atom. The minimum atomic E-state index is 0.868. The van der Waals surface area contributed by atoms with Crippen LogP contribution in [0.3, 0.4) is 0 Å². The maximum absolute atomic E-state index is 5.11. The molecule has 0 bridgehead atoms. The number of methoxy groups -OCH3 is 1. The molecule has 1 aromatic heterocycles. The summed E-state index contributed by atoms with van der Waals surface area (Å²) < 4.78 is 5.11. The lowest BCUT2D eigenvalue weighted by Gasteiger charge is -2.03. The van der Waals surface area contributed by atoms with E-state index in [-0.39, 0.29) is 0 Å². The first-order valence-electron chi connectivity index (χ1n) is 3.42. The lowest BCUT2D eigenvalue weighted by molar-refractivity contribution is 0.407. The van der Waals surface area contributed by atoms with Crippen molar-refractivity contribution >= 4 is 15.9 Å². The molecule has 3 heteroatoms. The third-order valence-corrected chi connectivity index (χ3v) is 1.80. The lowest BCUT2D eigenvalue weighted by atomic mass is 10.3. The van der Waals surface area contributed by atoms with Crippen molar-refractivity contribution in [2.75, 3.05) is 12.4 Å². The van der Waals surface area contributed by atoms with Crippen LogP contribution in [0, 0.1) is 0 Å². The van der Waals surface area contributed by atoms with Gasteiger partial charge in [-0.3, -0.25) is 4.98 Å². The van der Waals surface area contributed by atoms with Gasteiger partial charge < -0.3 is 4.74 Å². The van der Waals surface area contributed by atoms with E-state index in [2.05, 4.69) is 20.9 Å². The van der Waals surface area contributed by atoms with Crippen molar-refractivity contribution in [1.29, 1.82) is 0 Å². The van der Waals surface area contributed by atoms with E-state index in [9.17, 15) is 0 Å². The Balaban J connectivity index is 2.83. The molecule has 0 aliphatic heterocycles. The molecule has 1 rings (SSSR count). The van der Waals surface area contributed by atoms with Crippen LogP contribution in [0.1, 0.15) is 5.69 Å². The number of halogens is 1. The van der Waals surface area contributed by atoms with Crippen LogP contribution in [-0.2, 0) is 6.42 Å². The zero-order valence-electron chi connectivity index (χ0n) is 6.38. The minimum Gasteiger partial charge on any atom is -0.495 e. The zero-order valence-corrected chi connectivity index (χ0v) is 7.97. The number of rotatable bonds is 3. The van der Waals surface area contributed by atoms with Gasteiger partial charge >= 0.3 is 0 Å². The predicted molar refractivity (Wildman–Crippen MR) is 48.3 cm³/mol. The molecule has 0 spiro atoms. The van der Waals surface area contributed by atoms with E-state index in [0.29, 0.717) is 0 Å². The first kappa shape index (κ1) is 8.53. The summed E-state index contributed by atoms with van der Waals surface area (Å²) in [5, 5.41) is 0.917. The molecule has 0 saturated carbocycles. The fourth-order valence-corrected chi connectivity index (χ4v) is 1.26. The van der Waals surface area contributed by atoms with E-state index >= 15 is 0 Å². The number of hydrogen-bond donors (Lipinski definition) is 0. The normalized spacial score (nSPS) is 9.64. The smallest absolute Gasteiger partial charge is 0.140 e. The molecular weight excluding hydrogens is 206 g/mol. The molecule has 0 N–H and O–H groups in total. The van der Waals surface area contributed by atoms with Crippen LogP contribution >= 0.6 is 15.9 Å². The van der Waals surface area contributed by atoms with Gasteiger partial charge in [-0.2, -0.15) is 0 Å². The Kier molecular flexibility index (Phi) is 3.36. The Labute approximate surface area is 74.7 Å². The van der Waals surface area contributed by atoms with E-state index in [0.717, 1.165) is 23.2 Å². The second kappa shape index (κ2) is 4.34. The first-order chi connectivity index (χ1) is 5.38. The fourth-order valence-electron chi connectivity index (χ4n) is 0.886. The van der Waals surface area contributed by atoms with Gasteiger partial charge in [0.1, 0.15) is 5.75 Å². The number of nitrogens with zero attached hydrogens (tertiary/aromatic N) is 1. The van der Waals surface area contributed by atoms with Crippen LogP contribution in [0.15, 0.2) is 18.3 Å². The maximum Gasteiger partial charge on any atom is 0.140 e. The number of aromatic nitrogens is 1. The topological polar surface area (TPSA) is 22.1 Å². The Morgan fingerprint density at radius 1 is 1.64 bits per heavy atom. The maximum atomic E-state index is 5.11. The number of alkyl halides is 1. The Morgan fingerprint density at radius 3 is 3.09 bits per heavy atom. The van der Waals surface area contributed by atoms with Crippen molar-refractivity contribution in [3.8, 4) is 5.75 Å². The summed E-state index contributed by atoms with van der Waals surface area (Å²) in [6, 6.07) is 3.79. The summed E-state index contributed by atoms with van der Waals surface area (Å²) in [7, 11) is 1.66. The molecule has 0 radical (unpaired) electrons. The summed E-state index contributed by atoms with van der Waals surface area (Å²) >= 11 is 3.35. The van der Waals surface area contributed by atoms with Crippen LogP contribution in [-0.4, -0.2) is 17.4 Å². The van der Waals surface area contributed by atoms with Gasteiger partial charge in [0.15, 0.2) is 0 Å². The SMILES string of the molecule is COc1cccnc1CCBr. The molecule has 60 valence electrons. The Bertz CT molecular complexity index is 227. The molecule has 11 heavy (non-hydrogen) atoms. The third kappa shape index (κ3) is 2.19. The van der Waals surface area contributed by atoms with Crippen LogP contribution in [0.25, 0.3) is 0 Å². The first-order valence-corrected chi connectivity index (χ1v) is 4.54. The van der Waals surface area contributed by atoms with E-state index < -0.39 is 0 Å². The summed E-state index contributed by atoms with van der Waals surface area (Å²) in [5.74, 6) is 0.868. The Hall–Kier alpha value is -0.570. The summed E-state index contributed by atoms with van der Waals surface area (Å²) in [6.07, 6.45) is 2.69. The molecule has 0 atom stereocenters. The number of ether oxygens (including phenoxy) is 1. The van der Waals surface area contributed by atoms with Gasteiger partial charge in [-0.25, -0.2) is 0 Å². The highest BCUT2D eigenvalue weighted by atomic mass is 79.9. The van der Waals surface area contributed by atoms with Crippen molar-refractivity contribution in [3.05, 3.63) is 24.0 Å². The lowest BCUT2D eigenvalue weighted by Crippen LogP contribution is -1.95.